The Morgan fingerprint density at radius 1 is 1.04 bits per heavy atom. The van der Waals surface area contributed by atoms with E-state index in [2.05, 4.69) is 0 Å². The molecule has 0 fully saturated rings. The molecule has 0 aromatic heterocycles. The van der Waals surface area contributed by atoms with Crippen molar-refractivity contribution in [3.05, 3.63) is 65.2 Å². The number of hydrogen-bond acceptors (Lipinski definition) is 3. The summed E-state index contributed by atoms with van der Waals surface area (Å²) in [5, 5.41) is 0. The normalized spacial score (nSPS) is 10.3. The summed E-state index contributed by atoms with van der Waals surface area (Å²) in [4.78, 5) is 25.2. The van der Waals surface area contributed by atoms with Gasteiger partial charge in [-0.3, -0.25) is 9.59 Å². The quantitative estimate of drug-likeness (QED) is 0.803. The minimum Gasteiger partial charge on any atom is -0.484 e. The second-order valence-corrected chi connectivity index (χ2v) is 6.05. The zero-order valence-corrected chi connectivity index (χ0v) is 14.7. The molecular weight excluding hydrogens is 316 g/mol. The first kappa shape index (κ1) is 18.5. The monoisotopic (exact) mass is 340 g/mol. The van der Waals surface area contributed by atoms with Crippen molar-refractivity contribution in [2.45, 2.75) is 26.8 Å². The van der Waals surface area contributed by atoms with Crippen molar-refractivity contribution in [2.24, 2.45) is 5.73 Å². The summed E-state index contributed by atoms with van der Waals surface area (Å²) in [7, 11) is 0. The number of carbonyl (C=O) groups is 2. The van der Waals surface area contributed by atoms with Crippen LogP contribution in [0.25, 0.3) is 0 Å². The van der Waals surface area contributed by atoms with E-state index < -0.39 is 5.91 Å². The lowest BCUT2D eigenvalue weighted by atomic mass is 10.1. The van der Waals surface area contributed by atoms with Gasteiger partial charge < -0.3 is 15.4 Å². The van der Waals surface area contributed by atoms with Crippen LogP contribution in [0.15, 0.2) is 48.5 Å². The molecule has 2 N–H and O–H groups in total. The zero-order chi connectivity index (χ0) is 18.2. The van der Waals surface area contributed by atoms with Crippen LogP contribution in [0.4, 0.5) is 0 Å². The Morgan fingerprint density at radius 3 is 2.40 bits per heavy atom. The summed E-state index contributed by atoms with van der Waals surface area (Å²) in [6.07, 6.45) is 0.127. The Morgan fingerprint density at radius 2 is 1.76 bits per heavy atom. The molecule has 0 bridgehead atoms. The minimum atomic E-state index is -0.430. The van der Waals surface area contributed by atoms with E-state index in [9.17, 15) is 9.59 Å². The summed E-state index contributed by atoms with van der Waals surface area (Å²) in [6, 6.07) is 15.3. The van der Waals surface area contributed by atoms with Gasteiger partial charge in [-0.15, -0.1) is 0 Å². The van der Waals surface area contributed by atoms with Crippen LogP contribution in [0, 0.1) is 13.8 Å². The number of ether oxygens (including phenoxy) is 1. The topological polar surface area (TPSA) is 72.6 Å². The lowest BCUT2D eigenvalue weighted by Crippen LogP contribution is -2.36. The molecule has 2 amide bonds. The van der Waals surface area contributed by atoms with E-state index in [1.807, 2.05) is 62.4 Å². The van der Waals surface area contributed by atoms with Gasteiger partial charge in [0.05, 0.1) is 0 Å². The largest absolute Gasteiger partial charge is 0.484 e. The van der Waals surface area contributed by atoms with Gasteiger partial charge in [-0.25, -0.2) is 0 Å². The van der Waals surface area contributed by atoms with Crippen molar-refractivity contribution in [3.63, 3.8) is 0 Å². The summed E-state index contributed by atoms with van der Waals surface area (Å²) < 4.78 is 5.62. The molecule has 5 nitrogen and oxygen atoms in total. The average molecular weight is 340 g/mol. The third-order valence-corrected chi connectivity index (χ3v) is 4.04. The number of nitrogens with zero attached hydrogens (tertiary/aromatic N) is 1. The third kappa shape index (κ3) is 5.95. The number of nitrogens with two attached hydrogens (primary N) is 1. The highest BCUT2D eigenvalue weighted by Gasteiger charge is 2.16. The van der Waals surface area contributed by atoms with Crippen LogP contribution >= 0.6 is 0 Å². The van der Waals surface area contributed by atoms with Crippen molar-refractivity contribution in [3.8, 4) is 5.75 Å². The zero-order valence-electron chi connectivity index (χ0n) is 14.7. The highest BCUT2D eigenvalue weighted by Crippen LogP contribution is 2.16. The Bertz CT molecular complexity index is 729. The lowest BCUT2D eigenvalue weighted by molar-refractivity contribution is -0.134. The van der Waals surface area contributed by atoms with Crippen LogP contribution in [0.1, 0.15) is 23.1 Å². The Hall–Kier alpha value is -2.82. The van der Waals surface area contributed by atoms with Crippen molar-refractivity contribution in [2.75, 3.05) is 13.2 Å². The molecule has 0 aliphatic heterocycles. The molecule has 2 aromatic rings. The second-order valence-electron chi connectivity index (χ2n) is 6.05. The molecule has 0 spiro atoms. The molecule has 0 saturated heterocycles. The smallest absolute Gasteiger partial charge is 0.260 e. The van der Waals surface area contributed by atoms with E-state index >= 15 is 0 Å². The summed E-state index contributed by atoms with van der Waals surface area (Å²) in [5.41, 5.74) is 8.50. The molecule has 2 rings (SSSR count). The fourth-order valence-electron chi connectivity index (χ4n) is 2.38. The van der Waals surface area contributed by atoms with Crippen LogP contribution in [0.3, 0.4) is 0 Å². The van der Waals surface area contributed by atoms with Gasteiger partial charge in [-0.2, -0.15) is 0 Å². The molecule has 25 heavy (non-hydrogen) atoms. The van der Waals surface area contributed by atoms with Crippen LogP contribution < -0.4 is 10.5 Å². The number of aryl methyl sites for hydroxylation is 2. The SMILES string of the molecule is Cc1ccc(OCC(=O)N(CCC(N)=O)Cc2ccccc2)cc1C. The predicted molar refractivity (Wildman–Crippen MR) is 97.1 cm³/mol. The molecule has 0 radical (unpaired) electrons. The molecule has 132 valence electrons. The highest BCUT2D eigenvalue weighted by atomic mass is 16.5. The number of benzene rings is 2. The van der Waals surface area contributed by atoms with Crippen LogP contribution in [-0.2, 0) is 16.1 Å². The van der Waals surface area contributed by atoms with Gasteiger partial charge >= 0.3 is 0 Å². The van der Waals surface area contributed by atoms with Gasteiger partial charge in [-0.1, -0.05) is 36.4 Å². The third-order valence-electron chi connectivity index (χ3n) is 4.04. The Balaban J connectivity index is 2.00. The van der Waals surface area contributed by atoms with E-state index in [1.54, 1.807) is 4.90 Å². The summed E-state index contributed by atoms with van der Waals surface area (Å²) in [5.74, 6) is 0.0512. The van der Waals surface area contributed by atoms with Gasteiger partial charge in [0.25, 0.3) is 5.91 Å². The first-order chi connectivity index (χ1) is 12.0. The maximum Gasteiger partial charge on any atom is 0.260 e. The van der Waals surface area contributed by atoms with Gasteiger partial charge in [-0.05, 0) is 42.7 Å². The van der Waals surface area contributed by atoms with E-state index in [4.69, 9.17) is 10.5 Å². The predicted octanol–water partition coefficient (Wildman–Crippen LogP) is 2.59. The summed E-state index contributed by atoms with van der Waals surface area (Å²) >= 11 is 0. The van der Waals surface area contributed by atoms with Gasteiger partial charge in [0.2, 0.25) is 5.91 Å². The molecule has 0 unspecified atom stereocenters. The average Bonchev–Trinajstić information content (AvgIpc) is 2.60. The standard InChI is InChI=1S/C20H24N2O3/c1-15-8-9-18(12-16(15)2)25-14-20(24)22(11-10-19(21)23)13-17-6-4-3-5-7-17/h3-9,12H,10-11,13-14H2,1-2H3,(H2,21,23). The molecule has 0 aliphatic carbocycles. The fourth-order valence-corrected chi connectivity index (χ4v) is 2.38. The maximum atomic E-state index is 12.5. The fraction of sp³-hybridized carbons (Fsp3) is 0.300. The molecule has 2 aromatic carbocycles. The van der Waals surface area contributed by atoms with Crippen molar-refractivity contribution < 1.29 is 14.3 Å². The molecule has 0 atom stereocenters. The number of primary amides is 1. The first-order valence-corrected chi connectivity index (χ1v) is 8.26. The second kappa shape index (κ2) is 8.87. The number of carbonyl (C=O) groups excluding carboxylic acids is 2. The molecule has 5 heteroatoms. The highest BCUT2D eigenvalue weighted by molar-refractivity contribution is 5.79. The maximum absolute atomic E-state index is 12.5. The first-order valence-electron chi connectivity index (χ1n) is 8.26. The van der Waals surface area contributed by atoms with E-state index in [-0.39, 0.29) is 25.5 Å². The summed E-state index contributed by atoms with van der Waals surface area (Å²) in [6.45, 7) is 4.64. The number of hydrogen-bond donors (Lipinski definition) is 1. The van der Waals surface area contributed by atoms with Crippen LogP contribution in [0.2, 0.25) is 0 Å². The van der Waals surface area contributed by atoms with E-state index in [1.165, 1.54) is 5.56 Å². The van der Waals surface area contributed by atoms with Crippen LogP contribution in [-0.4, -0.2) is 29.9 Å². The van der Waals surface area contributed by atoms with Gasteiger partial charge in [0, 0.05) is 19.5 Å². The molecular formula is C20H24N2O3. The molecule has 0 saturated carbocycles. The molecule has 0 aliphatic rings. The van der Waals surface area contributed by atoms with E-state index in [0.717, 1.165) is 11.1 Å². The van der Waals surface area contributed by atoms with Crippen molar-refractivity contribution >= 4 is 11.8 Å². The molecule has 0 heterocycles. The Kier molecular flexibility index (Phi) is 6.57. The van der Waals surface area contributed by atoms with Crippen LogP contribution in [0.5, 0.6) is 5.75 Å². The van der Waals surface area contributed by atoms with Gasteiger partial charge in [0.15, 0.2) is 6.61 Å². The Labute approximate surface area is 148 Å². The van der Waals surface area contributed by atoms with Crippen molar-refractivity contribution in [1.29, 1.82) is 0 Å². The number of rotatable bonds is 8. The van der Waals surface area contributed by atoms with E-state index in [0.29, 0.717) is 12.3 Å². The van der Waals surface area contributed by atoms with Crippen molar-refractivity contribution in [1.82, 2.24) is 4.90 Å². The van der Waals surface area contributed by atoms with Gasteiger partial charge in [0.1, 0.15) is 5.75 Å². The number of amides is 2. The lowest BCUT2D eigenvalue weighted by Gasteiger charge is -2.22. The minimum absolute atomic E-state index is 0.0753.